The lowest BCUT2D eigenvalue weighted by Gasteiger charge is -2.08. The van der Waals surface area contributed by atoms with Crippen molar-refractivity contribution < 1.29 is 14.8 Å². The SMILES string of the molecule is Nc1ccc(C(=O)N/N=C\c2cc([N+](=O)[O-])ccc2[O-])cc1. The highest BCUT2D eigenvalue weighted by atomic mass is 16.6. The molecule has 2 aromatic carbocycles. The summed E-state index contributed by atoms with van der Waals surface area (Å²) < 4.78 is 0. The number of non-ortho nitro benzene ring substituents is 1. The number of nitro groups is 1. The minimum absolute atomic E-state index is 0.00630. The second-order valence-corrected chi connectivity index (χ2v) is 4.30. The average Bonchev–Trinajstić information content (AvgIpc) is 2.49. The largest absolute Gasteiger partial charge is 0.872 e. The Kier molecular flexibility index (Phi) is 4.33. The quantitative estimate of drug-likeness (QED) is 0.376. The van der Waals surface area contributed by atoms with Crippen molar-refractivity contribution in [3.8, 4) is 5.75 Å². The first kappa shape index (κ1) is 15.0. The van der Waals surface area contributed by atoms with Crippen molar-refractivity contribution in [2.75, 3.05) is 5.73 Å². The first-order valence-corrected chi connectivity index (χ1v) is 6.12. The van der Waals surface area contributed by atoms with Crippen LogP contribution in [-0.4, -0.2) is 17.0 Å². The first-order chi connectivity index (χ1) is 10.5. The monoisotopic (exact) mass is 299 g/mol. The summed E-state index contributed by atoms with van der Waals surface area (Å²) in [7, 11) is 0. The van der Waals surface area contributed by atoms with Crippen LogP contribution in [0.5, 0.6) is 5.75 Å². The zero-order valence-electron chi connectivity index (χ0n) is 11.2. The molecule has 0 saturated carbocycles. The molecule has 2 rings (SSSR count). The van der Waals surface area contributed by atoms with Crippen LogP contribution in [0, 0.1) is 10.1 Å². The van der Waals surface area contributed by atoms with Crippen molar-refractivity contribution in [3.05, 3.63) is 63.7 Å². The normalized spacial score (nSPS) is 10.5. The van der Waals surface area contributed by atoms with E-state index in [1.807, 2.05) is 0 Å². The maximum Gasteiger partial charge on any atom is 0.271 e. The third-order valence-corrected chi connectivity index (χ3v) is 2.75. The fraction of sp³-hybridized carbons (Fsp3) is 0. The highest BCUT2D eigenvalue weighted by Crippen LogP contribution is 2.19. The van der Waals surface area contributed by atoms with Crippen LogP contribution >= 0.6 is 0 Å². The van der Waals surface area contributed by atoms with E-state index < -0.39 is 16.6 Å². The van der Waals surface area contributed by atoms with E-state index in [1.165, 1.54) is 12.1 Å². The van der Waals surface area contributed by atoms with Gasteiger partial charge in [-0.15, -0.1) is 0 Å². The Bertz CT molecular complexity index is 741. The van der Waals surface area contributed by atoms with E-state index in [2.05, 4.69) is 10.5 Å². The number of nitrogen functional groups attached to an aromatic ring is 1. The van der Waals surface area contributed by atoms with Gasteiger partial charge in [0.2, 0.25) is 0 Å². The molecule has 0 saturated heterocycles. The van der Waals surface area contributed by atoms with Crippen molar-refractivity contribution >= 4 is 23.5 Å². The highest BCUT2D eigenvalue weighted by Gasteiger charge is 2.06. The number of nitrogens with zero attached hydrogens (tertiary/aromatic N) is 2. The second-order valence-electron chi connectivity index (χ2n) is 4.30. The molecule has 22 heavy (non-hydrogen) atoms. The minimum atomic E-state index is -0.621. The van der Waals surface area contributed by atoms with Crippen LogP contribution in [0.25, 0.3) is 0 Å². The molecule has 0 aliphatic rings. The van der Waals surface area contributed by atoms with Gasteiger partial charge in [-0.3, -0.25) is 14.9 Å². The molecule has 8 heteroatoms. The Labute approximate surface area is 125 Å². The number of amides is 1. The lowest BCUT2D eigenvalue weighted by atomic mass is 10.2. The van der Waals surface area contributed by atoms with Crippen molar-refractivity contribution in [2.45, 2.75) is 0 Å². The summed E-state index contributed by atoms with van der Waals surface area (Å²) in [6, 6.07) is 9.43. The molecule has 0 unspecified atom stereocenters. The zero-order valence-corrected chi connectivity index (χ0v) is 11.2. The van der Waals surface area contributed by atoms with Crippen molar-refractivity contribution in [1.82, 2.24) is 5.43 Å². The van der Waals surface area contributed by atoms with Crippen LogP contribution in [0.15, 0.2) is 47.6 Å². The van der Waals surface area contributed by atoms with Gasteiger partial charge in [-0.1, -0.05) is 11.8 Å². The molecule has 0 atom stereocenters. The van der Waals surface area contributed by atoms with Crippen LogP contribution < -0.4 is 16.3 Å². The van der Waals surface area contributed by atoms with Crippen molar-refractivity contribution in [1.29, 1.82) is 0 Å². The van der Waals surface area contributed by atoms with Gasteiger partial charge in [-0.2, -0.15) is 5.10 Å². The Morgan fingerprint density at radius 2 is 1.91 bits per heavy atom. The van der Waals surface area contributed by atoms with Gasteiger partial charge in [0.05, 0.1) is 11.1 Å². The fourth-order valence-electron chi connectivity index (χ4n) is 1.61. The molecule has 0 heterocycles. The predicted octanol–water partition coefficient (Wildman–Crippen LogP) is 1.01. The number of hydrogen-bond donors (Lipinski definition) is 2. The van der Waals surface area contributed by atoms with Gasteiger partial charge >= 0.3 is 0 Å². The Balaban J connectivity index is 2.09. The Morgan fingerprint density at radius 1 is 1.23 bits per heavy atom. The van der Waals surface area contributed by atoms with Gasteiger partial charge in [0.25, 0.3) is 11.6 Å². The van der Waals surface area contributed by atoms with Gasteiger partial charge in [-0.05, 0) is 29.8 Å². The zero-order chi connectivity index (χ0) is 16.1. The molecular weight excluding hydrogens is 288 g/mol. The van der Waals surface area contributed by atoms with Gasteiger partial charge in [-0.25, -0.2) is 5.43 Å². The molecule has 8 nitrogen and oxygen atoms in total. The number of benzene rings is 2. The van der Waals surface area contributed by atoms with E-state index >= 15 is 0 Å². The smallest absolute Gasteiger partial charge is 0.271 e. The number of carbonyl (C=O) groups is 1. The molecule has 0 radical (unpaired) electrons. The number of nitrogens with two attached hydrogens (primary N) is 1. The topological polar surface area (TPSA) is 134 Å². The molecule has 112 valence electrons. The van der Waals surface area contributed by atoms with Crippen molar-refractivity contribution in [3.63, 3.8) is 0 Å². The molecule has 1 amide bonds. The summed E-state index contributed by atoms with van der Waals surface area (Å²) in [4.78, 5) is 21.8. The molecule has 0 aliphatic carbocycles. The Morgan fingerprint density at radius 3 is 2.55 bits per heavy atom. The third kappa shape index (κ3) is 3.57. The van der Waals surface area contributed by atoms with Crippen LogP contribution in [-0.2, 0) is 0 Å². The lowest BCUT2D eigenvalue weighted by Crippen LogP contribution is -2.17. The maximum atomic E-state index is 11.8. The average molecular weight is 299 g/mol. The number of hydrazone groups is 1. The summed E-state index contributed by atoms with van der Waals surface area (Å²) in [6.45, 7) is 0. The molecular formula is C14H11N4O4-. The third-order valence-electron chi connectivity index (χ3n) is 2.75. The first-order valence-electron chi connectivity index (χ1n) is 6.12. The van der Waals surface area contributed by atoms with Gasteiger partial charge in [0.15, 0.2) is 0 Å². The summed E-state index contributed by atoms with van der Waals surface area (Å²) in [5.74, 6) is -0.926. The van der Waals surface area contributed by atoms with E-state index in [-0.39, 0.29) is 11.3 Å². The summed E-state index contributed by atoms with van der Waals surface area (Å²) in [5, 5.41) is 25.8. The number of carbonyl (C=O) groups excluding carboxylic acids is 1. The molecule has 2 aromatic rings. The van der Waals surface area contributed by atoms with Crippen LogP contribution in [0.1, 0.15) is 15.9 Å². The van der Waals surface area contributed by atoms with E-state index in [0.717, 1.165) is 24.4 Å². The van der Waals surface area contributed by atoms with Gasteiger partial charge < -0.3 is 10.8 Å². The number of hydrogen-bond acceptors (Lipinski definition) is 6. The van der Waals surface area contributed by atoms with Crippen LogP contribution in [0.4, 0.5) is 11.4 Å². The van der Waals surface area contributed by atoms with Crippen LogP contribution in [0.3, 0.4) is 0 Å². The molecule has 0 bridgehead atoms. The van der Waals surface area contributed by atoms with Crippen molar-refractivity contribution in [2.24, 2.45) is 5.10 Å². The second kappa shape index (κ2) is 6.35. The summed E-state index contributed by atoms with van der Waals surface area (Å²) in [6.07, 6.45) is 1.06. The maximum absolute atomic E-state index is 11.8. The Hall–Kier alpha value is -3.42. The molecule has 3 N–H and O–H groups in total. The van der Waals surface area contributed by atoms with E-state index in [4.69, 9.17) is 5.73 Å². The molecule has 0 fully saturated rings. The molecule has 0 aliphatic heterocycles. The standard InChI is InChI=1S/C14H12N4O4/c15-11-3-1-9(2-4-11)14(20)17-16-8-10-7-12(18(21)22)5-6-13(10)19/h1-8,19H,15H2,(H,17,20)/p-1/b16-8-. The summed E-state index contributed by atoms with van der Waals surface area (Å²) in [5.41, 5.74) is 8.37. The predicted molar refractivity (Wildman–Crippen MR) is 78.5 cm³/mol. The van der Waals surface area contributed by atoms with Crippen LogP contribution in [0.2, 0.25) is 0 Å². The lowest BCUT2D eigenvalue weighted by molar-refractivity contribution is -0.385. The molecule has 0 spiro atoms. The van der Waals surface area contributed by atoms with E-state index in [9.17, 15) is 20.0 Å². The van der Waals surface area contributed by atoms with Gasteiger partial charge in [0, 0.05) is 23.4 Å². The fourth-order valence-corrected chi connectivity index (χ4v) is 1.61. The number of anilines is 1. The number of nitrogens with one attached hydrogen (secondary N) is 1. The minimum Gasteiger partial charge on any atom is -0.872 e. The van der Waals surface area contributed by atoms with E-state index in [0.29, 0.717) is 11.3 Å². The van der Waals surface area contributed by atoms with Gasteiger partial charge in [0.1, 0.15) is 0 Å². The van der Waals surface area contributed by atoms with E-state index in [1.54, 1.807) is 12.1 Å². The number of rotatable bonds is 4. The number of nitro benzene ring substituents is 1. The molecule has 0 aromatic heterocycles. The highest BCUT2D eigenvalue weighted by molar-refractivity contribution is 5.95. The summed E-state index contributed by atoms with van der Waals surface area (Å²) >= 11 is 0.